The molecule has 0 atom stereocenters. The topological polar surface area (TPSA) is 161 Å². The molecule has 1 rings (SSSR count). The van der Waals surface area contributed by atoms with Crippen LogP contribution in [0.3, 0.4) is 0 Å². The van der Waals surface area contributed by atoms with Gasteiger partial charge in [0.25, 0.3) is 0 Å². The van der Waals surface area contributed by atoms with Crippen molar-refractivity contribution in [1.82, 2.24) is 0 Å². The Morgan fingerprint density at radius 3 is 1.74 bits per heavy atom. The lowest BCUT2D eigenvalue weighted by atomic mass is 10.2. The van der Waals surface area contributed by atoms with Gasteiger partial charge in [0, 0.05) is 6.07 Å². The summed E-state index contributed by atoms with van der Waals surface area (Å²) in [6.07, 6.45) is 0. The molecule has 0 spiro atoms. The molecule has 0 aromatic heterocycles. The summed E-state index contributed by atoms with van der Waals surface area (Å²) >= 11 is 0. The van der Waals surface area contributed by atoms with Gasteiger partial charge in [0.05, 0.1) is 5.56 Å². The normalized spacial score (nSPS) is 9.26. The summed E-state index contributed by atoms with van der Waals surface area (Å²) in [5, 5.41) is 25.9. The zero-order chi connectivity index (χ0) is 14.4. The molecular formula is C7H4N2O10. The van der Waals surface area contributed by atoms with Gasteiger partial charge >= 0.3 is 16.1 Å². The van der Waals surface area contributed by atoms with Gasteiger partial charge in [0.15, 0.2) is 11.5 Å². The third kappa shape index (κ3) is 4.59. The predicted molar refractivity (Wildman–Crippen MR) is 50.8 cm³/mol. The molecule has 102 valence electrons. The second-order valence-corrected chi connectivity index (χ2v) is 2.76. The summed E-state index contributed by atoms with van der Waals surface area (Å²) in [5.74, 6) is -2.30. The van der Waals surface area contributed by atoms with Gasteiger partial charge in [-0.25, -0.2) is 4.79 Å². The van der Waals surface area contributed by atoms with Gasteiger partial charge in [-0.1, -0.05) is 9.98 Å². The quantitative estimate of drug-likeness (QED) is 0.418. The fourth-order valence-electron chi connectivity index (χ4n) is 0.938. The predicted octanol–water partition coefficient (Wildman–Crippen LogP) is 0.389. The largest absolute Gasteiger partial charge is 0.478 e. The first-order valence-electron chi connectivity index (χ1n) is 4.25. The van der Waals surface area contributed by atoms with Gasteiger partial charge < -0.3 is 5.11 Å². The van der Waals surface area contributed by atoms with E-state index in [9.17, 15) is 25.0 Å². The molecular weight excluding hydrogens is 272 g/mol. The highest BCUT2D eigenvalue weighted by molar-refractivity contribution is 5.88. The Bertz CT molecular complexity index is 478. The van der Waals surface area contributed by atoms with Crippen molar-refractivity contribution in [2.75, 3.05) is 0 Å². The lowest BCUT2D eigenvalue weighted by molar-refractivity contribution is -0.833. The number of benzene rings is 1. The second kappa shape index (κ2) is 5.85. The second-order valence-electron chi connectivity index (χ2n) is 2.76. The minimum absolute atomic E-state index is 0.425. The number of carboxylic acid groups (broad SMARTS) is 1. The Morgan fingerprint density at radius 2 is 1.42 bits per heavy atom. The fraction of sp³-hybridized carbons (Fsp3) is 0. The van der Waals surface area contributed by atoms with E-state index in [1.54, 1.807) is 0 Å². The Labute approximate surface area is 102 Å². The van der Waals surface area contributed by atoms with Gasteiger partial charge in [-0.3, -0.25) is 9.78 Å². The lowest BCUT2D eigenvalue weighted by Crippen LogP contribution is -2.08. The van der Waals surface area contributed by atoms with Crippen molar-refractivity contribution in [3.63, 3.8) is 0 Å². The Balaban J connectivity index is 2.93. The summed E-state index contributed by atoms with van der Waals surface area (Å²) in [6.45, 7) is 0. The molecule has 0 unspecified atom stereocenters. The van der Waals surface area contributed by atoms with Crippen LogP contribution in [0.15, 0.2) is 18.2 Å². The molecule has 1 N–H and O–H groups in total. The first-order valence-corrected chi connectivity index (χ1v) is 4.25. The maximum atomic E-state index is 10.7. The first-order chi connectivity index (χ1) is 8.88. The highest BCUT2D eigenvalue weighted by Crippen LogP contribution is 2.23. The van der Waals surface area contributed by atoms with E-state index in [2.05, 4.69) is 19.8 Å². The van der Waals surface area contributed by atoms with Crippen molar-refractivity contribution in [3.8, 4) is 11.5 Å². The van der Waals surface area contributed by atoms with Crippen molar-refractivity contribution < 1.29 is 39.8 Å². The maximum absolute atomic E-state index is 10.7. The van der Waals surface area contributed by atoms with Crippen molar-refractivity contribution >= 4 is 5.97 Å². The maximum Gasteiger partial charge on any atom is 0.335 e. The number of hydrogen-bond acceptors (Lipinski definition) is 9. The Morgan fingerprint density at radius 1 is 1.00 bits per heavy atom. The summed E-state index contributed by atoms with van der Waals surface area (Å²) < 4.78 is 0. The molecule has 0 saturated heterocycles. The van der Waals surface area contributed by atoms with Gasteiger partial charge in [-0.05, 0) is 12.1 Å². The molecule has 0 aliphatic carbocycles. The zero-order valence-electron chi connectivity index (χ0n) is 8.75. The van der Waals surface area contributed by atoms with Gasteiger partial charge in [0.1, 0.15) is 0 Å². The zero-order valence-corrected chi connectivity index (χ0v) is 8.75. The van der Waals surface area contributed by atoms with E-state index >= 15 is 0 Å². The van der Waals surface area contributed by atoms with E-state index in [0.29, 0.717) is 0 Å². The van der Waals surface area contributed by atoms with Crippen LogP contribution in [0.25, 0.3) is 0 Å². The molecule has 0 bridgehead atoms. The van der Waals surface area contributed by atoms with Crippen LogP contribution in [0.1, 0.15) is 10.4 Å². The molecule has 0 heterocycles. The van der Waals surface area contributed by atoms with E-state index in [1.807, 2.05) is 0 Å². The minimum atomic E-state index is -1.43. The van der Waals surface area contributed by atoms with E-state index in [0.717, 1.165) is 18.2 Å². The van der Waals surface area contributed by atoms with Crippen molar-refractivity contribution in [2.24, 2.45) is 0 Å². The molecule has 1 aromatic rings. The molecule has 0 amide bonds. The standard InChI is InChI=1S/C7H4N2O10/c10-7(11)4-1-5(16-18-8(12)13)3-6(2-4)17-19-9(14)15/h1-3H,(H,10,11). The average molecular weight is 276 g/mol. The average Bonchev–Trinajstić information content (AvgIpc) is 2.33. The van der Waals surface area contributed by atoms with E-state index in [1.165, 1.54) is 0 Å². The third-order valence-corrected chi connectivity index (χ3v) is 1.52. The van der Waals surface area contributed by atoms with Crippen LogP contribution >= 0.6 is 0 Å². The summed E-state index contributed by atoms with van der Waals surface area (Å²) in [7, 11) is 0. The number of nitrogens with zero attached hydrogens (tertiary/aromatic N) is 2. The van der Waals surface area contributed by atoms with E-state index < -0.39 is 33.2 Å². The number of carboxylic acids is 1. The molecule has 0 aliphatic heterocycles. The van der Waals surface area contributed by atoms with Crippen molar-refractivity contribution in [1.29, 1.82) is 0 Å². The smallest absolute Gasteiger partial charge is 0.335 e. The van der Waals surface area contributed by atoms with Crippen LogP contribution in [0.2, 0.25) is 0 Å². The number of rotatable bonds is 7. The van der Waals surface area contributed by atoms with E-state index in [-0.39, 0.29) is 0 Å². The van der Waals surface area contributed by atoms with Gasteiger partial charge in [-0.2, -0.15) is 0 Å². The van der Waals surface area contributed by atoms with Gasteiger partial charge in [0.2, 0.25) is 0 Å². The van der Waals surface area contributed by atoms with Crippen LogP contribution in [0, 0.1) is 20.2 Å². The number of carbonyl (C=O) groups is 1. The summed E-state index contributed by atoms with van der Waals surface area (Å²) in [4.78, 5) is 45.9. The Hall–Kier alpha value is -3.31. The van der Waals surface area contributed by atoms with Crippen molar-refractivity contribution in [3.05, 3.63) is 44.0 Å². The summed E-state index contributed by atoms with van der Waals surface area (Å²) in [5.41, 5.74) is -0.425. The van der Waals surface area contributed by atoms with Crippen LogP contribution in [-0.4, -0.2) is 21.2 Å². The first kappa shape index (κ1) is 13.8. The third-order valence-electron chi connectivity index (χ3n) is 1.52. The molecule has 12 heteroatoms. The number of aromatic carboxylic acids is 1. The summed E-state index contributed by atoms with van der Waals surface area (Å²) in [6, 6.07) is 2.61. The molecule has 0 aliphatic rings. The molecule has 0 fully saturated rings. The number of hydrogen-bond donors (Lipinski definition) is 1. The molecule has 12 nitrogen and oxygen atoms in total. The van der Waals surface area contributed by atoms with Crippen LogP contribution < -0.4 is 9.78 Å². The van der Waals surface area contributed by atoms with Crippen LogP contribution in [0.4, 0.5) is 0 Å². The SMILES string of the molecule is O=C(O)c1cc(OO[N+](=O)[O-])cc(OO[N+](=O)[O-])c1. The molecule has 0 saturated carbocycles. The van der Waals surface area contributed by atoms with Crippen LogP contribution in [-0.2, 0) is 9.98 Å². The fourth-order valence-corrected chi connectivity index (χ4v) is 0.938. The van der Waals surface area contributed by atoms with Gasteiger partial charge in [-0.15, -0.1) is 20.2 Å². The van der Waals surface area contributed by atoms with E-state index in [4.69, 9.17) is 5.11 Å². The highest BCUT2D eigenvalue weighted by Gasteiger charge is 2.12. The minimum Gasteiger partial charge on any atom is -0.478 e. The molecule has 0 radical (unpaired) electrons. The Kier molecular flexibility index (Phi) is 4.24. The molecule has 1 aromatic carbocycles. The van der Waals surface area contributed by atoms with Crippen molar-refractivity contribution in [2.45, 2.75) is 0 Å². The highest BCUT2D eigenvalue weighted by atomic mass is 17.3. The molecule has 19 heavy (non-hydrogen) atoms. The van der Waals surface area contributed by atoms with Crippen LogP contribution in [0.5, 0.6) is 11.5 Å². The lowest BCUT2D eigenvalue weighted by Gasteiger charge is -2.05. The monoisotopic (exact) mass is 276 g/mol.